The van der Waals surface area contributed by atoms with Gasteiger partial charge < -0.3 is 9.84 Å². The minimum absolute atomic E-state index is 0.136. The molecule has 0 aromatic carbocycles. The zero-order valence-corrected chi connectivity index (χ0v) is 8.45. The number of rotatable bonds is 1. The van der Waals surface area contributed by atoms with Crippen LogP contribution in [0.3, 0.4) is 0 Å². The summed E-state index contributed by atoms with van der Waals surface area (Å²) >= 11 is 0. The van der Waals surface area contributed by atoms with Gasteiger partial charge in [-0.05, 0) is 44.9 Å². The number of ether oxygens (including phenoxy) is 1. The lowest BCUT2D eigenvalue weighted by Crippen LogP contribution is -2.60. The minimum Gasteiger partial charge on any atom is -0.481 e. The second-order valence-electron chi connectivity index (χ2n) is 5.67. The Balaban J connectivity index is 2.00. The van der Waals surface area contributed by atoms with Crippen molar-refractivity contribution in [1.29, 1.82) is 0 Å². The van der Waals surface area contributed by atoms with Crippen molar-refractivity contribution in [1.82, 2.24) is 0 Å². The summed E-state index contributed by atoms with van der Waals surface area (Å²) in [6, 6.07) is 0. The maximum atomic E-state index is 11.3. The molecule has 14 heavy (non-hydrogen) atoms. The van der Waals surface area contributed by atoms with E-state index in [4.69, 9.17) is 4.74 Å². The third kappa shape index (κ3) is 0.991. The van der Waals surface area contributed by atoms with Crippen molar-refractivity contribution in [2.75, 3.05) is 0 Å². The molecule has 4 rings (SSSR count). The maximum Gasteiger partial charge on any atom is 0.309 e. The van der Waals surface area contributed by atoms with Crippen LogP contribution in [-0.2, 0) is 9.53 Å². The molecule has 2 saturated heterocycles. The van der Waals surface area contributed by atoms with Crippen molar-refractivity contribution in [3.8, 4) is 0 Å². The zero-order chi connectivity index (χ0) is 9.97. The number of carboxylic acids is 1. The molecule has 4 atom stereocenters. The first-order valence-corrected chi connectivity index (χ1v) is 5.43. The van der Waals surface area contributed by atoms with Gasteiger partial charge in [-0.15, -0.1) is 0 Å². The van der Waals surface area contributed by atoms with E-state index in [1.807, 2.05) is 0 Å². The summed E-state index contributed by atoms with van der Waals surface area (Å²) in [7, 11) is 0. The molecule has 2 aliphatic heterocycles. The molecule has 0 radical (unpaired) electrons. The van der Waals surface area contributed by atoms with E-state index in [2.05, 4.69) is 6.92 Å². The van der Waals surface area contributed by atoms with Crippen molar-refractivity contribution in [3.63, 3.8) is 0 Å². The average Bonchev–Trinajstić information content (AvgIpc) is 1.98. The van der Waals surface area contributed by atoms with E-state index in [0.29, 0.717) is 5.92 Å². The second-order valence-corrected chi connectivity index (χ2v) is 5.67. The van der Waals surface area contributed by atoms with Gasteiger partial charge in [0.25, 0.3) is 0 Å². The summed E-state index contributed by atoms with van der Waals surface area (Å²) in [5, 5.41) is 9.34. The van der Waals surface area contributed by atoms with Crippen LogP contribution in [0, 0.1) is 11.3 Å². The Morgan fingerprint density at radius 3 is 2.79 bits per heavy atom. The van der Waals surface area contributed by atoms with Gasteiger partial charge in [-0.2, -0.15) is 0 Å². The van der Waals surface area contributed by atoms with Crippen molar-refractivity contribution >= 4 is 5.97 Å². The molecule has 4 fully saturated rings. The fourth-order valence-corrected chi connectivity index (χ4v) is 4.14. The number of hydrogen-bond donors (Lipinski definition) is 1. The van der Waals surface area contributed by atoms with Crippen LogP contribution in [0.1, 0.15) is 39.0 Å². The Bertz CT molecular complexity index is 283. The standard InChI is InChI=1S/C11H16O3/c1-10-3-7-2-8(14-10)5-11(4-7,6-10)9(12)13/h7-8H,2-6H2,1H3,(H,12,13). The Hall–Kier alpha value is -0.570. The molecule has 2 aliphatic carbocycles. The van der Waals surface area contributed by atoms with Crippen LogP contribution in [-0.4, -0.2) is 22.8 Å². The third-order valence-electron chi connectivity index (χ3n) is 4.23. The quantitative estimate of drug-likeness (QED) is 0.695. The molecule has 0 aromatic rings. The summed E-state index contributed by atoms with van der Waals surface area (Å²) in [6.45, 7) is 2.09. The molecule has 0 spiro atoms. The molecule has 3 nitrogen and oxygen atoms in total. The van der Waals surface area contributed by atoms with Gasteiger partial charge in [0.1, 0.15) is 0 Å². The van der Waals surface area contributed by atoms with E-state index in [9.17, 15) is 9.90 Å². The minimum atomic E-state index is -0.596. The fourth-order valence-electron chi connectivity index (χ4n) is 4.14. The maximum absolute atomic E-state index is 11.3. The Labute approximate surface area is 83.4 Å². The van der Waals surface area contributed by atoms with Gasteiger partial charge in [0.2, 0.25) is 0 Å². The molecule has 4 aliphatic rings. The molecular weight excluding hydrogens is 180 g/mol. The predicted molar refractivity (Wildman–Crippen MR) is 49.9 cm³/mol. The molecular formula is C11H16O3. The average molecular weight is 196 g/mol. The molecule has 0 aromatic heterocycles. The van der Waals surface area contributed by atoms with E-state index in [-0.39, 0.29) is 11.7 Å². The largest absolute Gasteiger partial charge is 0.481 e. The second kappa shape index (κ2) is 2.32. The first kappa shape index (κ1) is 8.72. The van der Waals surface area contributed by atoms with Gasteiger partial charge in [-0.25, -0.2) is 0 Å². The first-order valence-electron chi connectivity index (χ1n) is 5.43. The number of aliphatic carboxylic acids is 1. The Kier molecular flexibility index (Phi) is 1.45. The molecule has 4 unspecified atom stereocenters. The summed E-state index contributed by atoms with van der Waals surface area (Å²) < 4.78 is 5.92. The highest BCUT2D eigenvalue weighted by atomic mass is 16.5. The molecule has 4 bridgehead atoms. The van der Waals surface area contributed by atoms with Crippen molar-refractivity contribution in [3.05, 3.63) is 0 Å². The van der Waals surface area contributed by atoms with E-state index in [1.165, 1.54) is 0 Å². The third-order valence-corrected chi connectivity index (χ3v) is 4.23. The highest BCUT2D eigenvalue weighted by Crippen LogP contribution is 2.59. The van der Waals surface area contributed by atoms with Crippen molar-refractivity contribution in [2.24, 2.45) is 11.3 Å². The normalized spacial score (nSPS) is 54.9. The summed E-state index contributed by atoms with van der Waals surface area (Å²) in [4.78, 5) is 11.3. The van der Waals surface area contributed by atoms with Gasteiger partial charge in [0.05, 0.1) is 17.1 Å². The molecule has 78 valence electrons. The smallest absolute Gasteiger partial charge is 0.309 e. The van der Waals surface area contributed by atoms with Crippen LogP contribution in [0.4, 0.5) is 0 Å². The zero-order valence-electron chi connectivity index (χ0n) is 8.45. The monoisotopic (exact) mass is 196 g/mol. The Morgan fingerprint density at radius 1 is 1.43 bits per heavy atom. The van der Waals surface area contributed by atoms with Gasteiger partial charge >= 0.3 is 5.97 Å². The topological polar surface area (TPSA) is 46.5 Å². The summed E-state index contributed by atoms with van der Waals surface area (Å²) in [5.41, 5.74) is -0.582. The lowest BCUT2D eigenvalue weighted by Gasteiger charge is -2.59. The van der Waals surface area contributed by atoms with E-state index < -0.39 is 11.4 Å². The number of carboxylic acid groups (broad SMARTS) is 1. The highest BCUT2D eigenvalue weighted by molar-refractivity contribution is 5.75. The van der Waals surface area contributed by atoms with Crippen LogP contribution in [0.25, 0.3) is 0 Å². The molecule has 2 saturated carbocycles. The van der Waals surface area contributed by atoms with Gasteiger partial charge in [0, 0.05) is 0 Å². The number of hydrogen-bond acceptors (Lipinski definition) is 2. The van der Waals surface area contributed by atoms with Gasteiger partial charge in [0.15, 0.2) is 0 Å². The van der Waals surface area contributed by atoms with Crippen LogP contribution in [0.5, 0.6) is 0 Å². The van der Waals surface area contributed by atoms with Crippen molar-refractivity contribution < 1.29 is 14.6 Å². The molecule has 2 heterocycles. The summed E-state index contributed by atoms with van der Waals surface area (Å²) in [6.07, 6.45) is 4.73. The first-order chi connectivity index (χ1) is 6.51. The van der Waals surface area contributed by atoms with Gasteiger partial charge in [-0.3, -0.25) is 4.79 Å². The van der Waals surface area contributed by atoms with Crippen LogP contribution in [0.15, 0.2) is 0 Å². The fraction of sp³-hybridized carbons (Fsp3) is 0.909. The van der Waals surface area contributed by atoms with Crippen LogP contribution in [0.2, 0.25) is 0 Å². The highest BCUT2D eigenvalue weighted by Gasteiger charge is 2.60. The van der Waals surface area contributed by atoms with E-state index in [0.717, 1.165) is 32.1 Å². The SMILES string of the molecule is CC12CC3CC(CC(C(=O)O)(C3)C1)O2. The van der Waals surface area contributed by atoms with E-state index in [1.54, 1.807) is 0 Å². The summed E-state index contributed by atoms with van der Waals surface area (Å²) in [5.74, 6) is -0.00113. The lowest BCUT2D eigenvalue weighted by atomic mass is 9.54. The molecule has 3 heteroatoms. The predicted octanol–water partition coefficient (Wildman–Crippen LogP) is 1.81. The van der Waals surface area contributed by atoms with Gasteiger partial charge in [-0.1, -0.05) is 0 Å². The molecule has 1 N–H and O–H groups in total. The van der Waals surface area contributed by atoms with Crippen molar-refractivity contribution in [2.45, 2.75) is 50.7 Å². The molecule has 0 amide bonds. The lowest BCUT2D eigenvalue weighted by molar-refractivity contribution is -0.243. The van der Waals surface area contributed by atoms with E-state index >= 15 is 0 Å². The van der Waals surface area contributed by atoms with Crippen LogP contribution < -0.4 is 0 Å². The Morgan fingerprint density at radius 2 is 2.21 bits per heavy atom. The number of carbonyl (C=O) groups is 1. The van der Waals surface area contributed by atoms with Crippen LogP contribution >= 0.6 is 0 Å².